The van der Waals surface area contributed by atoms with E-state index in [4.69, 9.17) is 16.7 Å². The predicted molar refractivity (Wildman–Crippen MR) is 101 cm³/mol. The molecule has 130 valence electrons. The first-order valence-corrected chi connectivity index (χ1v) is 7.96. The fourth-order valence-electron chi connectivity index (χ4n) is 3.15. The average molecular weight is 355 g/mol. The zero-order valence-corrected chi connectivity index (χ0v) is 13.9. The maximum Gasteiger partial charge on any atom is 0.211 e. The van der Waals surface area contributed by atoms with Crippen LogP contribution in [-0.4, -0.2) is 15.9 Å². The second-order valence-electron chi connectivity index (χ2n) is 5.82. The van der Waals surface area contributed by atoms with Gasteiger partial charge >= 0.3 is 0 Å². The molecule has 3 aromatic rings. The maximum absolute atomic E-state index is 9.39. The summed E-state index contributed by atoms with van der Waals surface area (Å²) in [5, 5.41) is 24.7. The standard InChI is InChI=1S/C18H13N9/c19-7-11-13(21)12-15(10-5-1-3-9-4-2-6-23-14(9)10)25-18(24-8-20)27-17(12)26-16(11)22/h1-6,15H,(H6,21,22,24,25,26,27). The average Bonchev–Trinajstić information content (AvgIpc) is 2.67. The van der Waals surface area contributed by atoms with Crippen LogP contribution >= 0.6 is 0 Å². The summed E-state index contributed by atoms with van der Waals surface area (Å²) >= 11 is 0. The monoisotopic (exact) mass is 355 g/mol. The normalized spacial score (nSPS) is 15.0. The van der Waals surface area contributed by atoms with E-state index in [-0.39, 0.29) is 23.0 Å². The van der Waals surface area contributed by atoms with Crippen LogP contribution in [0.1, 0.15) is 22.7 Å². The molecule has 0 saturated heterocycles. The summed E-state index contributed by atoms with van der Waals surface area (Å²) in [7, 11) is 0. The fraction of sp³-hybridized carbons (Fsp3) is 0.0556. The third kappa shape index (κ3) is 2.51. The number of pyridine rings is 2. The molecule has 0 radical (unpaired) electrons. The van der Waals surface area contributed by atoms with E-state index in [1.54, 1.807) is 6.20 Å². The third-order valence-corrected chi connectivity index (χ3v) is 4.32. The molecule has 9 nitrogen and oxygen atoms in total. The van der Waals surface area contributed by atoms with Gasteiger partial charge in [-0.2, -0.15) is 10.5 Å². The maximum atomic E-state index is 9.39. The Morgan fingerprint density at radius 1 is 1.15 bits per heavy atom. The number of para-hydroxylation sites is 1. The SMILES string of the molecule is N#CNC1=NC(c2cccc3cccnc23)c2c(nc(N)c(C#N)c2N)N1. The van der Waals surface area contributed by atoms with Crippen molar-refractivity contribution in [3.8, 4) is 12.3 Å². The first kappa shape index (κ1) is 16.1. The van der Waals surface area contributed by atoms with E-state index in [0.717, 1.165) is 16.5 Å². The molecule has 1 unspecified atom stereocenters. The minimum absolute atomic E-state index is 0.00857. The van der Waals surface area contributed by atoms with Crippen LogP contribution in [0.5, 0.6) is 0 Å². The molecule has 4 rings (SSSR count). The number of aromatic nitrogens is 2. The Hall–Kier alpha value is -4.37. The lowest BCUT2D eigenvalue weighted by Crippen LogP contribution is -2.32. The predicted octanol–water partition coefficient (Wildman–Crippen LogP) is 1.61. The van der Waals surface area contributed by atoms with E-state index in [2.05, 4.69) is 25.6 Å². The number of fused-ring (bicyclic) bond motifs is 2. The second-order valence-corrected chi connectivity index (χ2v) is 5.82. The summed E-state index contributed by atoms with van der Waals surface area (Å²) in [6.45, 7) is 0. The van der Waals surface area contributed by atoms with Crippen molar-refractivity contribution in [2.45, 2.75) is 6.04 Å². The summed E-state index contributed by atoms with van der Waals surface area (Å²) in [5.74, 6) is 0.558. The van der Waals surface area contributed by atoms with Gasteiger partial charge in [0.15, 0.2) is 6.19 Å². The molecule has 1 aliphatic rings. The van der Waals surface area contributed by atoms with Gasteiger partial charge in [0.05, 0.1) is 11.2 Å². The summed E-state index contributed by atoms with van der Waals surface area (Å²) in [4.78, 5) is 13.3. The van der Waals surface area contributed by atoms with Gasteiger partial charge in [0.25, 0.3) is 0 Å². The molecule has 0 bridgehead atoms. The van der Waals surface area contributed by atoms with Crippen molar-refractivity contribution < 1.29 is 0 Å². The van der Waals surface area contributed by atoms with Gasteiger partial charge in [-0.15, -0.1) is 0 Å². The van der Waals surface area contributed by atoms with Crippen LogP contribution in [0.2, 0.25) is 0 Å². The lowest BCUT2D eigenvalue weighted by Gasteiger charge is -2.26. The number of guanidine groups is 1. The summed E-state index contributed by atoms with van der Waals surface area (Å²) < 4.78 is 0. The Morgan fingerprint density at radius 3 is 2.74 bits per heavy atom. The van der Waals surface area contributed by atoms with Gasteiger partial charge in [-0.1, -0.05) is 24.3 Å². The molecule has 3 heterocycles. The fourth-order valence-corrected chi connectivity index (χ4v) is 3.15. The molecule has 0 spiro atoms. The zero-order valence-electron chi connectivity index (χ0n) is 13.9. The van der Waals surface area contributed by atoms with Crippen molar-refractivity contribution in [2.24, 2.45) is 4.99 Å². The van der Waals surface area contributed by atoms with E-state index in [1.807, 2.05) is 42.6 Å². The molecular formula is C18H13N9. The highest BCUT2D eigenvalue weighted by molar-refractivity contribution is 5.99. The van der Waals surface area contributed by atoms with Crippen molar-refractivity contribution in [2.75, 3.05) is 16.8 Å². The van der Waals surface area contributed by atoms with Gasteiger partial charge in [0.2, 0.25) is 5.96 Å². The first-order chi connectivity index (χ1) is 13.1. The van der Waals surface area contributed by atoms with Crippen LogP contribution < -0.4 is 22.1 Å². The third-order valence-electron chi connectivity index (χ3n) is 4.32. The van der Waals surface area contributed by atoms with Crippen molar-refractivity contribution in [1.29, 1.82) is 10.5 Å². The van der Waals surface area contributed by atoms with E-state index in [9.17, 15) is 5.26 Å². The number of nitriles is 2. The van der Waals surface area contributed by atoms with Gasteiger partial charge in [0, 0.05) is 22.7 Å². The summed E-state index contributed by atoms with van der Waals surface area (Å²) in [6, 6.07) is 10.9. The number of anilines is 3. The number of hydrogen-bond donors (Lipinski definition) is 4. The second kappa shape index (κ2) is 6.17. The summed E-state index contributed by atoms with van der Waals surface area (Å²) in [5.41, 5.74) is 14.4. The van der Waals surface area contributed by atoms with Gasteiger partial charge in [0.1, 0.15) is 29.3 Å². The molecule has 6 N–H and O–H groups in total. The lowest BCUT2D eigenvalue weighted by molar-refractivity contribution is 0.851. The number of benzene rings is 1. The molecule has 0 amide bonds. The Labute approximate surface area is 154 Å². The molecule has 2 aromatic heterocycles. The van der Waals surface area contributed by atoms with E-state index < -0.39 is 6.04 Å². The highest BCUT2D eigenvalue weighted by Crippen LogP contribution is 2.41. The highest BCUT2D eigenvalue weighted by Gasteiger charge is 2.30. The van der Waals surface area contributed by atoms with E-state index in [0.29, 0.717) is 11.4 Å². The number of nitrogen functional groups attached to an aromatic ring is 2. The minimum atomic E-state index is -0.615. The van der Waals surface area contributed by atoms with Gasteiger partial charge in [-0.3, -0.25) is 10.3 Å². The molecule has 0 fully saturated rings. The Bertz CT molecular complexity index is 1180. The topological polar surface area (TPSA) is 162 Å². The smallest absolute Gasteiger partial charge is 0.211 e. The van der Waals surface area contributed by atoms with E-state index >= 15 is 0 Å². The molecule has 1 aromatic carbocycles. The van der Waals surface area contributed by atoms with Crippen LogP contribution in [0.4, 0.5) is 17.3 Å². The highest BCUT2D eigenvalue weighted by atomic mass is 15.2. The number of nitrogens with two attached hydrogens (primary N) is 2. The molecule has 27 heavy (non-hydrogen) atoms. The molecule has 0 saturated carbocycles. The number of rotatable bonds is 1. The molecule has 9 heteroatoms. The zero-order chi connectivity index (χ0) is 19.0. The number of aliphatic imine (C=N–C) groups is 1. The molecular weight excluding hydrogens is 342 g/mol. The number of nitrogens with zero attached hydrogens (tertiary/aromatic N) is 5. The first-order valence-electron chi connectivity index (χ1n) is 7.96. The van der Waals surface area contributed by atoms with Crippen molar-refractivity contribution >= 4 is 34.2 Å². The van der Waals surface area contributed by atoms with Gasteiger partial charge < -0.3 is 16.8 Å². The van der Waals surface area contributed by atoms with Crippen LogP contribution in [0.3, 0.4) is 0 Å². The largest absolute Gasteiger partial charge is 0.397 e. The van der Waals surface area contributed by atoms with Crippen molar-refractivity contribution in [1.82, 2.24) is 15.3 Å². The lowest BCUT2D eigenvalue weighted by atomic mass is 9.93. The van der Waals surface area contributed by atoms with E-state index in [1.165, 1.54) is 0 Å². The molecule has 1 atom stereocenters. The summed E-state index contributed by atoms with van der Waals surface area (Å²) in [6.07, 6.45) is 3.52. The van der Waals surface area contributed by atoms with Crippen LogP contribution in [-0.2, 0) is 0 Å². The van der Waals surface area contributed by atoms with Gasteiger partial charge in [-0.05, 0) is 6.07 Å². The van der Waals surface area contributed by atoms with Crippen LogP contribution in [0.25, 0.3) is 10.9 Å². The molecule has 1 aliphatic heterocycles. The molecule has 0 aliphatic carbocycles. The Morgan fingerprint density at radius 2 is 1.96 bits per heavy atom. The number of hydrogen-bond acceptors (Lipinski definition) is 9. The van der Waals surface area contributed by atoms with Crippen LogP contribution in [0.15, 0.2) is 41.5 Å². The Balaban J connectivity index is 2.03. The van der Waals surface area contributed by atoms with Crippen molar-refractivity contribution in [3.05, 3.63) is 53.2 Å². The Kier molecular flexibility index (Phi) is 3.68. The quantitative estimate of drug-likeness (QED) is 0.378. The van der Waals surface area contributed by atoms with Crippen molar-refractivity contribution in [3.63, 3.8) is 0 Å². The van der Waals surface area contributed by atoms with Crippen LogP contribution in [0, 0.1) is 22.8 Å². The van der Waals surface area contributed by atoms with Gasteiger partial charge in [-0.25, -0.2) is 9.98 Å². The number of nitrogens with one attached hydrogen (secondary N) is 2. The minimum Gasteiger partial charge on any atom is -0.397 e.